The summed E-state index contributed by atoms with van der Waals surface area (Å²) < 4.78 is 22.8. The summed E-state index contributed by atoms with van der Waals surface area (Å²) in [5, 5.41) is 0. The molecule has 0 saturated carbocycles. The van der Waals surface area contributed by atoms with Gasteiger partial charge in [0.2, 0.25) is 0 Å². The summed E-state index contributed by atoms with van der Waals surface area (Å²) in [6, 6.07) is 7.08. The molecule has 0 N–H and O–H groups in total. The zero-order valence-electron chi connectivity index (χ0n) is 13.3. The molecule has 4 nitrogen and oxygen atoms in total. The highest BCUT2D eigenvalue weighted by Gasteiger charge is 2.04. The van der Waals surface area contributed by atoms with Gasteiger partial charge in [0.25, 0.3) is 0 Å². The van der Waals surface area contributed by atoms with E-state index in [-0.39, 0.29) is 8.67 Å². The Labute approximate surface area is 148 Å². The molecule has 0 aliphatic carbocycles. The normalized spacial score (nSPS) is 11.2. The third-order valence-corrected chi connectivity index (χ3v) is 6.77. The van der Waals surface area contributed by atoms with Crippen LogP contribution in [0.25, 0.3) is 0 Å². The molecule has 1 aromatic rings. The summed E-state index contributed by atoms with van der Waals surface area (Å²) in [5.41, 5.74) is 0. The number of rotatable bonds is 13. The van der Waals surface area contributed by atoms with Gasteiger partial charge in [0.1, 0.15) is 26.8 Å². The number of hydrogen-bond acceptors (Lipinski definition) is 5. The highest BCUT2D eigenvalue weighted by atomic mass is 79.9. The summed E-state index contributed by atoms with van der Waals surface area (Å²) >= 11 is 5.13. The lowest BCUT2D eigenvalue weighted by Crippen LogP contribution is -2.05. The second-order valence-corrected chi connectivity index (χ2v) is 9.01. The van der Waals surface area contributed by atoms with Crippen molar-refractivity contribution in [3.05, 3.63) is 22.7 Å². The Morgan fingerprint density at radius 3 is 2.77 bits per heavy atom. The van der Waals surface area contributed by atoms with Crippen molar-refractivity contribution in [1.82, 2.24) is 0 Å². The van der Waals surface area contributed by atoms with Gasteiger partial charge in [-0.15, -0.1) is 0 Å². The minimum Gasteiger partial charge on any atom is -0.493 e. The highest BCUT2D eigenvalue weighted by molar-refractivity contribution is 9.10. The van der Waals surface area contributed by atoms with E-state index >= 15 is 0 Å². The predicted octanol–water partition coefficient (Wildman–Crippen LogP) is 3.82. The molecule has 0 atom stereocenters. The van der Waals surface area contributed by atoms with Crippen LogP contribution in [-0.2, 0) is 8.92 Å². The molecule has 1 rings (SSSR count). The number of ether oxygens (including phenoxy) is 3. The molecule has 0 saturated heterocycles. The van der Waals surface area contributed by atoms with Crippen LogP contribution in [0, 0.1) is 0 Å². The largest absolute Gasteiger partial charge is 0.493 e. The summed E-state index contributed by atoms with van der Waals surface area (Å²) in [4.78, 5) is 0. The van der Waals surface area contributed by atoms with Gasteiger partial charge in [-0.2, -0.15) is 0 Å². The van der Waals surface area contributed by atoms with E-state index in [1.165, 1.54) is 12.5 Å². The minimum atomic E-state index is -0.109. The van der Waals surface area contributed by atoms with Crippen LogP contribution in [0.2, 0.25) is 6.04 Å². The lowest BCUT2D eigenvalue weighted by atomic mass is 10.3. The highest BCUT2D eigenvalue weighted by Crippen LogP contribution is 2.29. The zero-order chi connectivity index (χ0) is 16.0. The van der Waals surface area contributed by atoms with Crippen molar-refractivity contribution in [3.8, 4) is 11.5 Å². The third kappa shape index (κ3) is 9.04. The summed E-state index contributed by atoms with van der Waals surface area (Å²) in [5.74, 6) is 1.59. The third-order valence-electron chi connectivity index (χ3n) is 2.75. The Morgan fingerprint density at radius 2 is 2.00 bits per heavy atom. The van der Waals surface area contributed by atoms with E-state index in [0.717, 1.165) is 22.4 Å². The minimum absolute atomic E-state index is 0.109. The molecule has 22 heavy (non-hydrogen) atoms. The van der Waals surface area contributed by atoms with Crippen LogP contribution >= 0.6 is 27.4 Å². The Hall–Kier alpha value is -0.213. The van der Waals surface area contributed by atoms with E-state index in [0.29, 0.717) is 26.4 Å². The summed E-state index contributed by atoms with van der Waals surface area (Å²) in [6.07, 6.45) is 2.12. The summed E-state index contributed by atoms with van der Waals surface area (Å²) in [7, 11) is 1.58. The van der Waals surface area contributed by atoms with Gasteiger partial charge >= 0.3 is 0 Å². The van der Waals surface area contributed by atoms with Crippen molar-refractivity contribution in [2.24, 2.45) is 0 Å². The van der Waals surface area contributed by atoms with Gasteiger partial charge in [-0.1, -0.05) is 19.4 Å². The van der Waals surface area contributed by atoms with Crippen molar-refractivity contribution in [2.45, 2.75) is 25.8 Å². The number of methoxy groups -OCH3 is 1. The van der Waals surface area contributed by atoms with E-state index in [1.807, 2.05) is 18.2 Å². The molecular formula is C15H25BrO4SSi. The first-order valence-corrected chi connectivity index (χ1v) is 12.0. The molecular weight excluding hydrogens is 384 g/mol. The molecule has 7 heteroatoms. The summed E-state index contributed by atoms with van der Waals surface area (Å²) in [6.45, 7) is 4.69. The van der Waals surface area contributed by atoms with Gasteiger partial charge in [0, 0.05) is 26.2 Å². The van der Waals surface area contributed by atoms with Crippen LogP contribution in [-0.4, -0.2) is 42.2 Å². The van der Waals surface area contributed by atoms with Crippen LogP contribution in [0.5, 0.6) is 11.5 Å². The Morgan fingerprint density at radius 1 is 1.14 bits per heavy atom. The fourth-order valence-electron chi connectivity index (χ4n) is 1.58. The first-order valence-electron chi connectivity index (χ1n) is 7.56. The number of hydrogen-bond donors (Lipinski definition) is 0. The smallest absolute Gasteiger partial charge is 0.137 e. The second-order valence-electron chi connectivity index (χ2n) is 4.63. The van der Waals surface area contributed by atoms with Crippen molar-refractivity contribution < 1.29 is 18.4 Å². The maximum Gasteiger partial charge on any atom is 0.137 e. The molecule has 0 aliphatic heterocycles. The molecule has 0 unspecified atom stereocenters. The van der Waals surface area contributed by atoms with Crippen LogP contribution < -0.4 is 9.47 Å². The lowest BCUT2D eigenvalue weighted by Gasteiger charge is -2.11. The molecule has 0 aliphatic rings. The van der Waals surface area contributed by atoms with Crippen molar-refractivity contribution in [2.75, 3.05) is 33.5 Å². The fraction of sp³-hybridized carbons (Fsp3) is 0.600. The molecule has 0 heterocycles. The quantitative estimate of drug-likeness (QED) is 0.281. The average molecular weight is 409 g/mol. The SMILES string of the molecule is CCC[SiH2]SOCCOc1cc(OCCCOC)ccc1Br. The Kier molecular flexibility index (Phi) is 11.9. The molecule has 0 fully saturated rings. The van der Waals surface area contributed by atoms with E-state index in [9.17, 15) is 0 Å². The first kappa shape index (κ1) is 19.8. The molecule has 126 valence electrons. The molecule has 0 amide bonds. The topological polar surface area (TPSA) is 36.9 Å². The second kappa shape index (κ2) is 13.2. The van der Waals surface area contributed by atoms with Gasteiger partial charge in [0.15, 0.2) is 0 Å². The molecule has 0 spiro atoms. The Bertz CT molecular complexity index is 409. The van der Waals surface area contributed by atoms with Crippen molar-refractivity contribution in [1.29, 1.82) is 0 Å². The monoisotopic (exact) mass is 408 g/mol. The average Bonchev–Trinajstić information content (AvgIpc) is 2.53. The van der Waals surface area contributed by atoms with Crippen LogP contribution in [0.3, 0.4) is 0 Å². The van der Waals surface area contributed by atoms with E-state index in [2.05, 4.69) is 22.9 Å². The van der Waals surface area contributed by atoms with Crippen molar-refractivity contribution >= 4 is 36.1 Å². The molecule has 1 aromatic carbocycles. The van der Waals surface area contributed by atoms with Gasteiger partial charge in [-0.25, -0.2) is 0 Å². The fourth-order valence-corrected chi connectivity index (χ4v) is 4.58. The molecule has 0 bridgehead atoms. The van der Waals surface area contributed by atoms with Gasteiger partial charge in [-0.05, 0) is 39.6 Å². The van der Waals surface area contributed by atoms with E-state index in [1.54, 1.807) is 18.6 Å². The maximum atomic E-state index is 5.74. The maximum absolute atomic E-state index is 5.74. The molecule has 0 aromatic heterocycles. The van der Waals surface area contributed by atoms with Crippen LogP contribution in [0.4, 0.5) is 0 Å². The van der Waals surface area contributed by atoms with Gasteiger partial charge in [-0.3, -0.25) is 0 Å². The van der Waals surface area contributed by atoms with Crippen LogP contribution in [0.15, 0.2) is 22.7 Å². The predicted molar refractivity (Wildman–Crippen MR) is 98.8 cm³/mol. The van der Waals surface area contributed by atoms with E-state index in [4.69, 9.17) is 18.4 Å². The number of benzene rings is 1. The zero-order valence-corrected chi connectivity index (χ0v) is 17.1. The molecule has 0 radical (unpaired) electrons. The van der Waals surface area contributed by atoms with Crippen molar-refractivity contribution in [3.63, 3.8) is 0 Å². The standard InChI is InChI=1S/C15H25BrO4SSi/c1-3-11-22-21-20-10-9-19-15-12-13(5-6-14(15)16)18-8-4-7-17-2/h5-6,12H,3-4,7-11,22H2,1-2H3. The van der Waals surface area contributed by atoms with Gasteiger partial charge < -0.3 is 18.4 Å². The van der Waals surface area contributed by atoms with Crippen LogP contribution in [0.1, 0.15) is 19.8 Å². The number of halogens is 1. The first-order chi connectivity index (χ1) is 10.8. The Balaban J connectivity index is 2.26. The van der Waals surface area contributed by atoms with Gasteiger partial charge in [0.05, 0.1) is 17.7 Å². The van der Waals surface area contributed by atoms with E-state index < -0.39 is 0 Å². The lowest BCUT2D eigenvalue weighted by molar-refractivity contribution is 0.172.